The van der Waals surface area contributed by atoms with Crippen LogP contribution in [-0.2, 0) is 27.4 Å². The van der Waals surface area contributed by atoms with Crippen LogP contribution in [0.15, 0.2) is 72.8 Å². The number of hydrogen-bond acceptors (Lipinski definition) is 6. The molecule has 228 valence electrons. The van der Waals surface area contributed by atoms with Crippen molar-refractivity contribution in [1.82, 2.24) is 15.1 Å². The van der Waals surface area contributed by atoms with Crippen LogP contribution in [0.1, 0.15) is 73.7 Å². The standard InChI is InChI=1S/C36H45N3O4/c1-26(41)37-22-31-7-2-3-9-34(31)28-14-16-30(17-15-28)36-42-33(21-35(43-36)29-12-10-27(25-40)11-13-29)24-39-20-6-8-32(39)23-38-18-4-5-19-38/h2-3,7,9-17,32-33,35-36,40H,4-6,8,18-25H2,1H3,(H,37,41)/t32-,33+,35-,36-/m0/s1. The van der Waals surface area contributed by atoms with E-state index in [9.17, 15) is 9.90 Å². The third-order valence-corrected chi connectivity index (χ3v) is 9.26. The zero-order chi connectivity index (χ0) is 29.6. The lowest BCUT2D eigenvalue weighted by atomic mass is 9.97. The van der Waals surface area contributed by atoms with E-state index in [1.807, 2.05) is 24.3 Å². The van der Waals surface area contributed by atoms with Gasteiger partial charge in [0.1, 0.15) is 0 Å². The summed E-state index contributed by atoms with van der Waals surface area (Å²) in [6.45, 7) is 7.76. The highest BCUT2D eigenvalue weighted by Crippen LogP contribution is 2.39. The van der Waals surface area contributed by atoms with Gasteiger partial charge in [-0.25, -0.2) is 0 Å². The molecule has 2 N–H and O–H groups in total. The molecule has 0 unspecified atom stereocenters. The van der Waals surface area contributed by atoms with E-state index in [0.717, 1.165) is 52.9 Å². The summed E-state index contributed by atoms with van der Waals surface area (Å²) in [5.41, 5.74) is 6.30. The molecule has 0 radical (unpaired) electrons. The van der Waals surface area contributed by atoms with E-state index in [0.29, 0.717) is 12.6 Å². The zero-order valence-electron chi connectivity index (χ0n) is 25.3. The number of nitrogens with zero attached hydrogens (tertiary/aromatic N) is 2. The molecule has 6 rings (SSSR count). The number of likely N-dealkylation sites (tertiary alicyclic amines) is 2. The Hall–Kier alpha value is -3.07. The number of benzene rings is 3. The lowest BCUT2D eigenvalue weighted by molar-refractivity contribution is -0.253. The quantitative estimate of drug-likeness (QED) is 0.324. The molecule has 3 saturated heterocycles. The Morgan fingerprint density at radius 3 is 2.37 bits per heavy atom. The Morgan fingerprint density at radius 1 is 0.884 bits per heavy atom. The van der Waals surface area contributed by atoms with Gasteiger partial charge in [0, 0.05) is 44.6 Å². The van der Waals surface area contributed by atoms with E-state index in [4.69, 9.17) is 9.47 Å². The number of carbonyl (C=O) groups is 1. The number of carbonyl (C=O) groups excluding carboxylic acids is 1. The Morgan fingerprint density at radius 2 is 1.63 bits per heavy atom. The van der Waals surface area contributed by atoms with Crippen molar-refractivity contribution in [1.29, 1.82) is 0 Å². The average molecular weight is 584 g/mol. The molecule has 1 amide bonds. The van der Waals surface area contributed by atoms with Gasteiger partial charge < -0.3 is 24.8 Å². The predicted molar refractivity (Wildman–Crippen MR) is 168 cm³/mol. The highest BCUT2D eigenvalue weighted by molar-refractivity contribution is 5.74. The lowest BCUT2D eigenvalue weighted by Crippen LogP contribution is -2.45. The monoisotopic (exact) mass is 583 g/mol. The number of aliphatic hydroxyl groups is 1. The molecule has 7 heteroatoms. The number of ether oxygens (including phenoxy) is 2. The zero-order valence-corrected chi connectivity index (χ0v) is 25.3. The number of nitrogens with one attached hydrogen (secondary N) is 1. The topological polar surface area (TPSA) is 74.3 Å². The fraction of sp³-hybridized carbons (Fsp3) is 0.472. The maximum absolute atomic E-state index is 11.5. The van der Waals surface area contributed by atoms with Crippen LogP contribution in [0.2, 0.25) is 0 Å². The summed E-state index contributed by atoms with van der Waals surface area (Å²) in [4.78, 5) is 16.8. The first kappa shape index (κ1) is 30.0. The third kappa shape index (κ3) is 7.54. The normalized spacial score (nSPS) is 24.8. The highest BCUT2D eigenvalue weighted by atomic mass is 16.7. The van der Waals surface area contributed by atoms with Crippen LogP contribution in [0.3, 0.4) is 0 Å². The third-order valence-electron chi connectivity index (χ3n) is 9.26. The van der Waals surface area contributed by atoms with Crippen LogP contribution >= 0.6 is 0 Å². The molecule has 3 aromatic rings. The Labute approximate surface area is 255 Å². The van der Waals surface area contributed by atoms with Crippen LogP contribution in [0.4, 0.5) is 0 Å². The Kier molecular flexibility index (Phi) is 9.86. The van der Waals surface area contributed by atoms with E-state index in [1.54, 1.807) is 6.92 Å². The van der Waals surface area contributed by atoms with Crippen LogP contribution in [0.5, 0.6) is 0 Å². The second-order valence-electron chi connectivity index (χ2n) is 12.3. The lowest BCUT2D eigenvalue weighted by Gasteiger charge is -2.39. The van der Waals surface area contributed by atoms with E-state index in [2.05, 4.69) is 63.6 Å². The first-order valence-corrected chi connectivity index (χ1v) is 16.0. The number of amides is 1. The minimum absolute atomic E-state index is 0.0355. The van der Waals surface area contributed by atoms with Crippen LogP contribution in [0.25, 0.3) is 11.1 Å². The Balaban J connectivity index is 1.20. The Bertz CT molecular complexity index is 1340. The van der Waals surface area contributed by atoms with Gasteiger partial charge in [0.05, 0.1) is 18.8 Å². The summed E-state index contributed by atoms with van der Waals surface area (Å²) in [7, 11) is 0. The van der Waals surface area contributed by atoms with Crippen molar-refractivity contribution < 1.29 is 19.4 Å². The van der Waals surface area contributed by atoms with Gasteiger partial charge in [0.15, 0.2) is 6.29 Å². The molecular weight excluding hydrogens is 538 g/mol. The van der Waals surface area contributed by atoms with Gasteiger partial charge in [-0.3, -0.25) is 9.69 Å². The molecule has 3 heterocycles. The van der Waals surface area contributed by atoms with Crippen molar-refractivity contribution in [2.75, 3.05) is 32.7 Å². The molecule has 0 aliphatic carbocycles. The fourth-order valence-electron chi connectivity index (χ4n) is 6.90. The van der Waals surface area contributed by atoms with Gasteiger partial charge in [-0.1, -0.05) is 72.8 Å². The first-order valence-electron chi connectivity index (χ1n) is 16.0. The van der Waals surface area contributed by atoms with Gasteiger partial charge in [0.25, 0.3) is 0 Å². The number of rotatable bonds is 10. The molecule has 3 aliphatic heterocycles. The molecule has 0 bridgehead atoms. The van der Waals surface area contributed by atoms with E-state index in [1.165, 1.54) is 45.3 Å². The summed E-state index contributed by atoms with van der Waals surface area (Å²) >= 11 is 0. The molecule has 3 aliphatic rings. The average Bonchev–Trinajstić information content (AvgIpc) is 3.72. The maximum Gasteiger partial charge on any atom is 0.217 e. The van der Waals surface area contributed by atoms with Gasteiger partial charge in [0.2, 0.25) is 5.91 Å². The summed E-state index contributed by atoms with van der Waals surface area (Å²) in [6.07, 6.45) is 5.47. The molecule has 3 fully saturated rings. The van der Waals surface area contributed by atoms with E-state index < -0.39 is 6.29 Å². The largest absolute Gasteiger partial charge is 0.392 e. The molecule has 0 saturated carbocycles. The predicted octanol–water partition coefficient (Wildman–Crippen LogP) is 5.59. The van der Waals surface area contributed by atoms with Gasteiger partial charge in [-0.15, -0.1) is 0 Å². The molecule has 7 nitrogen and oxygen atoms in total. The highest BCUT2D eigenvalue weighted by Gasteiger charge is 2.36. The van der Waals surface area contributed by atoms with Crippen molar-refractivity contribution in [3.8, 4) is 11.1 Å². The molecule has 3 aromatic carbocycles. The van der Waals surface area contributed by atoms with Crippen molar-refractivity contribution in [3.63, 3.8) is 0 Å². The first-order chi connectivity index (χ1) is 21.1. The summed E-state index contributed by atoms with van der Waals surface area (Å²) in [6, 6.07) is 25.4. The van der Waals surface area contributed by atoms with Gasteiger partial charge >= 0.3 is 0 Å². The van der Waals surface area contributed by atoms with Crippen molar-refractivity contribution in [2.45, 2.75) is 76.7 Å². The summed E-state index contributed by atoms with van der Waals surface area (Å²) < 4.78 is 13.4. The van der Waals surface area contributed by atoms with E-state index in [-0.39, 0.29) is 24.7 Å². The van der Waals surface area contributed by atoms with E-state index >= 15 is 0 Å². The van der Waals surface area contributed by atoms with Crippen molar-refractivity contribution >= 4 is 5.91 Å². The second kappa shape index (κ2) is 14.1. The van der Waals surface area contributed by atoms with Crippen LogP contribution < -0.4 is 5.32 Å². The molecular formula is C36H45N3O4. The second-order valence-corrected chi connectivity index (χ2v) is 12.3. The fourth-order valence-corrected chi connectivity index (χ4v) is 6.90. The minimum Gasteiger partial charge on any atom is -0.392 e. The summed E-state index contributed by atoms with van der Waals surface area (Å²) in [5.74, 6) is -0.0387. The molecule has 43 heavy (non-hydrogen) atoms. The summed E-state index contributed by atoms with van der Waals surface area (Å²) in [5, 5.41) is 12.5. The smallest absolute Gasteiger partial charge is 0.217 e. The minimum atomic E-state index is -0.468. The number of aliphatic hydroxyl groups excluding tert-OH is 1. The molecule has 0 aromatic heterocycles. The van der Waals surface area contributed by atoms with Crippen molar-refractivity contribution in [3.05, 3.63) is 95.1 Å². The van der Waals surface area contributed by atoms with Crippen molar-refractivity contribution in [2.24, 2.45) is 0 Å². The molecule has 4 atom stereocenters. The van der Waals surface area contributed by atoms with Crippen LogP contribution in [-0.4, -0.2) is 65.7 Å². The van der Waals surface area contributed by atoms with Crippen LogP contribution in [0, 0.1) is 0 Å². The van der Waals surface area contributed by atoms with Gasteiger partial charge in [-0.05, 0) is 73.1 Å². The number of hydrogen-bond donors (Lipinski definition) is 2. The van der Waals surface area contributed by atoms with Gasteiger partial charge in [-0.2, -0.15) is 0 Å². The molecule has 0 spiro atoms. The SMILES string of the molecule is CC(=O)NCc1ccccc1-c1ccc([C@H]2O[C@@H](CN3CCC[C@H]3CN3CCCC3)C[C@@H](c3ccc(CO)cc3)O2)cc1. The maximum atomic E-state index is 11.5.